The lowest BCUT2D eigenvalue weighted by Gasteiger charge is -2.13. The predicted octanol–water partition coefficient (Wildman–Crippen LogP) is 2.01. The van der Waals surface area contributed by atoms with Crippen molar-refractivity contribution in [1.82, 2.24) is 10.0 Å². The molecule has 0 unspecified atom stereocenters. The van der Waals surface area contributed by atoms with Crippen LogP contribution in [0.15, 0.2) is 24.3 Å². The molecule has 4 nitrogen and oxygen atoms in total. The monoisotopic (exact) mass is 296 g/mol. The molecule has 0 bridgehead atoms. The fraction of sp³-hybridized carbons (Fsp3) is 0.600. The van der Waals surface area contributed by atoms with E-state index < -0.39 is 10.0 Å². The third kappa shape index (κ3) is 5.23. The number of hydrogen-bond acceptors (Lipinski definition) is 3. The smallest absolute Gasteiger partial charge is 0.216 e. The molecule has 20 heavy (non-hydrogen) atoms. The van der Waals surface area contributed by atoms with E-state index in [-0.39, 0.29) is 11.8 Å². The quantitative estimate of drug-likeness (QED) is 0.771. The maximum atomic E-state index is 12.0. The zero-order chi connectivity index (χ0) is 14.6. The molecule has 0 atom stereocenters. The average Bonchev–Trinajstić information content (AvgIpc) is 3.13. The third-order valence-corrected chi connectivity index (χ3v) is 4.85. The van der Waals surface area contributed by atoms with Crippen molar-refractivity contribution in [3.05, 3.63) is 35.4 Å². The van der Waals surface area contributed by atoms with Crippen molar-refractivity contribution in [3.8, 4) is 0 Å². The maximum absolute atomic E-state index is 12.0. The zero-order valence-corrected chi connectivity index (χ0v) is 13.0. The Bertz CT molecular complexity index is 537. The summed E-state index contributed by atoms with van der Waals surface area (Å²) >= 11 is 0. The summed E-state index contributed by atoms with van der Waals surface area (Å²) in [5, 5.41) is 3.42. The van der Waals surface area contributed by atoms with Crippen molar-refractivity contribution in [2.45, 2.75) is 45.0 Å². The summed E-state index contributed by atoms with van der Waals surface area (Å²) in [6, 6.07) is 7.68. The first-order valence-electron chi connectivity index (χ1n) is 7.24. The lowest BCUT2D eigenvalue weighted by molar-refractivity contribution is 0.568. The van der Waals surface area contributed by atoms with Crippen LogP contribution in [0.25, 0.3) is 0 Å². The Morgan fingerprint density at radius 3 is 2.45 bits per heavy atom. The number of benzene rings is 1. The minimum atomic E-state index is -3.26. The van der Waals surface area contributed by atoms with E-state index in [0.29, 0.717) is 0 Å². The van der Waals surface area contributed by atoms with Crippen LogP contribution in [0.3, 0.4) is 0 Å². The van der Waals surface area contributed by atoms with Crippen LogP contribution in [0.1, 0.15) is 37.8 Å². The van der Waals surface area contributed by atoms with Crippen LogP contribution >= 0.6 is 0 Å². The van der Waals surface area contributed by atoms with Crippen molar-refractivity contribution >= 4 is 10.0 Å². The molecule has 1 aliphatic carbocycles. The molecule has 0 spiro atoms. The highest BCUT2D eigenvalue weighted by Gasteiger charge is 2.20. The molecule has 1 aromatic rings. The first kappa shape index (κ1) is 15.5. The van der Waals surface area contributed by atoms with Gasteiger partial charge in [0, 0.05) is 12.6 Å². The molecular weight excluding hydrogens is 272 g/mol. The summed E-state index contributed by atoms with van der Waals surface area (Å²) in [5.41, 5.74) is 1.95. The van der Waals surface area contributed by atoms with Gasteiger partial charge in [-0.25, -0.2) is 13.1 Å². The van der Waals surface area contributed by atoms with Crippen LogP contribution in [0, 0.1) is 5.92 Å². The SMILES string of the molecule is CC(C)NS(=O)(=O)Cc1ccccc1CNCC1CC1. The Hall–Kier alpha value is -0.910. The Kier molecular flexibility index (Phi) is 5.18. The molecule has 2 N–H and O–H groups in total. The van der Waals surface area contributed by atoms with E-state index in [2.05, 4.69) is 10.0 Å². The molecular formula is C15H24N2O2S. The van der Waals surface area contributed by atoms with Crippen molar-refractivity contribution in [3.63, 3.8) is 0 Å². The highest BCUT2D eigenvalue weighted by atomic mass is 32.2. The Balaban J connectivity index is 1.98. The highest BCUT2D eigenvalue weighted by Crippen LogP contribution is 2.27. The lowest BCUT2D eigenvalue weighted by Crippen LogP contribution is -2.31. The van der Waals surface area contributed by atoms with Gasteiger partial charge in [-0.15, -0.1) is 0 Å². The topological polar surface area (TPSA) is 58.2 Å². The van der Waals surface area contributed by atoms with E-state index in [1.165, 1.54) is 12.8 Å². The Morgan fingerprint density at radius 2 is 1.85 bits per heavy atom. The molecule has 5 heteroatoms. The van der Waals surface area contributed by atoms with Gasteiger partial charge in [0.25, 0.3) is 0 Å². The average molecular weight is 296 g/mol. The van der Waals surface area contributed by atoms with Gasteiger partial charge in [0.2, 0.25) is 10.0 Å². The molecule has 0 amide bonds. The van der Waals surface area contributed by atoms with Gasteiger partial charge in [0.1, 0.15) is 0 Å². The molecule has 0 aromatic heterocycles. The van der Waals surface area contributed by atoms with E-state index in [0.717, 1.165) is 30.1 Å². The second-order valence-electron chi connectivity index (χ2n) is 5.87. The second kappa shape index (κ2) is 6.70. The fourth-order valence-corrected chi connectivity index (χ4v) is 3.70. The van der Waals surface area contributed by atoms with E-state index >= 15 is 0 Å². The summed E-state index contributed by atoms with van der Waals surface area (Å²) in [5.74, 6) is 0.875. The largest absolute Gasteiger partial charge is 0.312 e. The number of nitrogens with one attached hydrogen (secondary N) is 2. The van der Waals surface area contributed by atoms with Crippen LogP contribution in [0.2, 0.25) is 0 Å². The highest BCUT2D eigenvalue weighted by molar-refractivity contribution is 7.88. The van der Waals surface area contributed by atoms with E-state index in [1.54, 1.807) is 0 Å². The van der Waals surface area contributed by atoms with Gasteiger partial charge < -0.3 is 5.32 Å². The van der Waals surface area contributed by atoms with Crippen molar-refractivity contribution in [2.24, 2.45) is 5.92 Å². The van der Waals surface area contributed by atoms with Crippen LogP contribution in [0.5, 0.6) is 0 Å². The van der Waals surface area contributed by atoms with E-state index in [1.807, 2.05) is 38.1 Å². The van der Waals surface area contributed by atoms with Crippen molar-refractivity contribution < 1.29 is 8.42 Å². The number of hydrogen-bond donors (Lipinski definition) is 2. The third-order valence-electron chi connectivity index (χ3n) is 3.32. The fourth-order valence-electron chi connectivity index (χ4n) is 2.21. The van der Waals surface area contributed by atoms with Gasteiger partial charge in [-0.1, -0.05) is 24.3 Å². The molecule has 0 aliphatic heterocycles. The first-order chi connectivity index (χ1) is 9.46. The second-order valence-corrected chi connectivity index (χ2v) is 7.63. The van der Waals surface area contributed by atoms with Gasteiger partial charge in [-0.3, -0.25) is 0 Å². The summed E-state index contributed by atoms with van der Waals surface area (Å²) in [4.78, 5) is 0. The van der Waals surface area contributed by atoms with Crippen LogP contribution in [-0.4, -0.2) is 21.0 Å². The molecule has 0 heterocycles. The standard InChI is InChI=1S/C15H24N2O2S/c1-12(2)17-20(18,19)11-15-6-4-3-5-14(15)10-16-9-13-7-8-13/h3-6,12-13,16-17H,7-11H2,1-2H3. The van der Waals surface area contributed by atoms with Gasteiger partial charge in [-0.05, 0) is 50.3 Å². The summed E-state index contributed by atoms with van der Waals surface area (Å²) in [6.07, 6.45) is 2.64. The minimum absolute atomic E-state index is 0.0481. The summed E-state index contributed by atoms with van der Waals surface area (Å²) < 4.78 is 26.7. The minimum Gasteiger partial charge on any atom is -0.312 e. The van der Waals surface area contributed by atoms with E-state index in [4.69, 9.17) is 0 Å². The summed E-state index contributed by atoms with van der Waals surface area (Å²) in [6.45, 7) is 5.44. The molecule has 2 rings (SSSR count). The predicted molar refractivity (Wildman–Crippen MR) is 81.8 cm³/mol. The van der Waals surface area contributed by atoms with Gasteiger partial charge in [0.15, 0.2) is 0 Å². The zero-order valence-electron chi connectivity index (χ0n) is 12.2. The van der Waals surface area contributed by atoms with Crippen LogP contribution < -0.4 is 10.0 Å². The van der Waals surface area contributed by atoms with Crippen LogP contribution in [-0.2, 0) is 22.3 Å². The first-order valence-corrected chi connectivity index (χ1v) is 8.89. The molecule has 112 valence electrons. The Morgan fingerprint density at radius 1 is 1.20 bits per heavy atom. The normalized spacial score (nSPS) is 15.8. The molecule has 1 aliphatic rings. The van der Waals surface area contributed by atoms with Gasteiger partial charge in [0.05, 0.1) is 5.75 Å². The molecule has 0 saturated heterocycles. The van der Waals surface area contributed by atoms with Crippen molar-refractivity contribution in [1.29, 1.82) is 0 Å². The molecule has 1 saturated carbocycles. The van der Waals surface area contributed by atoms with Gasteiger partial charge >= 0.3 is 0 Å². The van der Waals surface area contributed by atoms with Crippen LogP contribution in [0.4, 0.5) is 0 Å². The van der Waals surface area contributed by atoms with E-state index in [9.17, 15) is 8.42 Å². The lowest BCUT2D eigenvalue weighted by atomic mass is 10.1. The maximum Gasteiger partial charge on any atom is 0.216 e. The molecule has 0 radical (unpaired) electrons. The molecule has 1 aromatic carbocycles. The van der Waals surface area contributed by atoms with Gasteiger partial charge in [-0.2, -0.15) is 0 Å². The number of sulfonamides is 1. The summed E-state index contributed by atoms with van der Waals surface area (Å²) in [7, 11) is -3.26. The molecule has 1 fully saturated rings. The van der Waals surface area contributed by atoms with Crippen molar-refractivity contribution in [2.75, 3.05) is 6.54 Å². The number of rotatable bonds is 8. The Labute approximate surface area is 122 Å².